The van der Waals surface area contributed by atoms with Gasteiger partial charge in [-0.05, 0) is 38.5 Å². The third-order valence-electron chi connectivity index (χ3n) is 8.06. The summed E-state index contributed by atoms with van der Waals surface area (Å²) in [5.74, 6) is 0. The number of unbranched alkanes of at least 4 members (excludes halogenated alkanes) is 24. The van der Waals surface area contributed by atoms with Crippen LogP contribution in [0.25, 0.3) is 0 Å². The summed E-state index contributed by atoms with van der Waals surface area (Å²) in [6.45, 7) is 4.56. The van der Waals surface area contributed by atoms with Gasteiger partial charge in [0, 0.05) is 0 Å². The number of aliphatic hydroxyl groups excluding tert-OH is 2. The van der Waals surface area contributed by atoms with E-state index in [4.69, 9.17) is 0 Å². The highest BCUT2D eigenvalue weighted by molar-refractivity contribution is 4.81. The van der Waals surface area contributed by atoms with Crippen LogP contribution < -0.4 is 0 Å². The molecule has 0 heterocycles. The molecule has 0 aromatic carbocycles. The van der Waals surface area contributed by atoms with E-state index in [-0.39, 0.29) is 0 Å². The first-order valence-electron chi connectivity index (χ1n) is 17.2. The first kappa shape index (κ1) is 36.7. The Labute approximate surface area is 234 Å². The van der Waals surface area contributed by atoms with Crippen molar-refractivity contribution in [2.75, 3.05) is 0 Å². The molecule has 2 heteroatoms. The monoisotopic (exact) mass is 523 g/mol. The molecule has 0 radical (unpaired) electrons. The molecule has 0 rings (SSSR count). The largest absolute Gasteiger partial charge is 0.390 e. The lowest BCUT2D eigenvalue weighted by Gasteiger charge is -2.17. The van der Waals surface area contributed by atoms with Crippen molar-refractivity contribution in [1.29, 1.82) is 0 Å². The molecule has 222 valence electrons. The number of hydrogen-bond acceptors (Lipinski definition) is 2. The normalized spacial score (nSPS) is 13.5. The zero-order valence-electron chi connectivity index (χ0n) is 25.7. The van der Waals surface area contributed by atoms with Crippen molar-refractivity contribution in [2.45, 2.75) is 212 Å². The molecule has 0 fully saturated rings. The third kappa shape index (κ3) is 30.1. The van der Waals surface area contributed by atoms with E-state index < -0.39 is 12.2 Å². The lowest BCUT2D eigenvalue weighted by Crippen LogP contribution is -2.25. The van der Waals surface area contributed by atoms with Crippen molar-refractivity contribution in [3.05, 3.63) is 12.2 Å². The minimum absolute atomic E-state index is 0.519. The molecule has 0 amide bonds. The highest BCUT2D eigenvalue weighted by Crippen LogP contribution is 2.16. The van der Waals surface area contributed by atoms with E-state index in [1.807, 2.05) is 0 Å². The first-order valence-corrected chi connectivity index (χ1v) is 17.2. The van der Waals surface area contributed by atoms with Crippen molar-refractivity contribution in [1.82, 2.24) is 0 Å². The van der Waals surface area contributed by atoms with Crippen LogP contribution in [0.4, 0.5) is 0 Å². The standard InChI is InChI=1S/C35H70O2/c1-3-5-7-9-11-13-15-17-19-21-23-25-27-29-31-33-35(37)34(36)32-30-28-26-24-22-20-18-16-14-12-10-8-6-4-2/h17,19,34-37H,3-16,18,20-33H2,1-2H3/b19-17-. The van der Waals surface area contributed by atoms with Gasteiger partial charge in [0.2, 0.25) is 0 Å². The molecule has 0 aliphatic rings. The van der Waals surface area contributed by atoms with Gasteiger partial charge >= 0.3 is 0 Å². The molecule has 37 heavy (non-hydrogen) atoms. The molecule has 0 aliphatic heterocycles. The smallest absolute Gasteiger partial charge is 0.0799 e. The molecular weight excluding hydrogens is 452 g/mol. The van der Waals surface area contributed by atoms with Crippen molar-refractivity contribution in [3.8, 4) is 0 Å². The van der Waals surface area contributed by atoms with Gasteiger partial charge in [0.25, 0.3) is 0 Å². The van der Waals surface area contributed by atoms with Crippen LogP contribution in [0, 0.1) is 0 Å². The van der Waals surface area contributed by atoms with Crippen molar-refractivity contribution in [2.24, 2.45) is 0 Å². The molecule has 0 aromatic heterocycles. The van der Waals surface area contributed by atoms with Gasteiger partial charge in [0.05, 0.1) is 12.2 Å². The quantitative estimate of drug-likeness (QED) is 0.0702. The van der Waals surface area contributed by atoms with Crippen LogP contribution in [-0.4, -0.2) is 22.4 Å². The van der Waals surface area contributed by atoms with Crippen LogP contribution in [0.2, 0.25) is 0 Å². The van der Waals surface area contributed by atoms with Gasteiger partial charge < -0.3 is 10.2 Å². The van der Waals surface area contributed by atoms with Crippen molar-refractivity contribution in [3.63, 3.8) is 0 Å². The topological polar surface area (TPSA) is 40.5 Å². The second kappa shape index (κ2) is 31.9. The maximum absolute atomic E-state index is 10.3. The first-order chi connectivity index (χ1) is 18.2. The second-order valence-corrected chi connectivity index (χ2v) is 11.9. The molecule has 0 aliphatic carbocycles. The average Bonchev–Trinajstić information content (AvgIpc) is 2.90. The van der Waals surface area contributed by atoms with E-state index in [0.29, 0.717) is 0 Å². The summed E-state index contributed by atoms with van der Waals surface area (Å²) < 4.78 is 0. The van der Waals surface area contributed by atoms with Gasteiger partial charge in [-0.3, -0.25) is 0 Å². The molecule has 2 nitrogen and oxygen atoms in total. The number of allylic oxidation sites excluding steroid dienone is 2. The fraction of sp³-hybridized carbons (Fsp3) is 0.943. The van der Waals surface area contributed by atoms with Crippen LogP contribution in [0.5, 0.6) is 0 Å². The van der Waals surface area contributed by atoms with E-state index in [0.717, 1.165) is 25.7 Å². The number of aliphatic hydroxyl groups is 2. The molecule has 0 aromatic rings. The number of hydrogen-bond donors (Lipinski definition) is 2. The van der Waals surface area contributed by atoms with Crippen molar-refractivity contribution >= 4 is 0 Å². The van der Waals surface area contributed by atoms with E-state index in [2.05, 4.69) is 26.0 Å². The lowest BCUT2D eigenvalue weighted by molar-refractivity contribution is 0.00712. The van der Waals surface area contributed by atoms with Crippen LogP contribution in [0.1, 0.15) is 200 Å². The summed E-state index contributed by atoms with van der Waals surface area (Å²) in [6.07, 6.45) is 41.1. The summed E-state index contributed by atoms with van der Waals surface area (Å²) in [4.78, 5) is 0. The van der Waals surface area contributed by atoms with Crippen LogP contribution >= 0.6 is 0 Å². The Morgan fingerprint density at radius 3 is 0.892 bits per heavy atom. The highest BCUT2D eigenvalue weighted by Gasteiger charge is 2.15. The Hall–Kier alpha value is -0.340. The Bertz CT molecular complexity index is 433. The van der Waals surface area contributed by atoms with Gasteiger partial charge in [-0.15, -0.1) is 0 Å². The van der Waals surface area contributed by atoms with Gasteiger partial charge in [0.15, 0.2) is 0 Å². The Kier molecular flexibility index (Phi) is 31.6. The van der Waals surface area contributed by atoms with Gasteiger partial charge in [-0.1, -0.05) is 174 Å². The minimum Gasteiger partial charge on any atom is -0.390 e. The maximum Gasteiger partial charge on any atom is 0.0799 e. The van der Waals surface area contributed by atoms with E-state index in [9.17, 15) is 10.2 Å². The minimum atomic E-state index is -0.521. The molecular formula is C35H70O2. The summed E-state index contributed by atoms with van der Waals surface area (Å²) in [5.41, 5.74) is 0. The third-order valence-corrected chi connectivity index (χ3v) is 8.06. The summed E-state index contributed by atoms with van der Waals surface area (Å²) in [5, 5.41) is 20.5. The fourth-order valence-corrected chi connectivity index (χ4v) is 5.36. The van der Waals surface area contributed by atoms with Crippen LogP contribution in [0.3, 0.4) is 0 Å². The van der Waals surface area contributed by atoms with E-state index in [1.54, 1.807) is 0 Å². The molecule has 0 saturated heterocycles. The molecule has 2 N–H and O–H groups in total. The zero-order chi connectivity index (χ0) is 27.1. The summed E-state index contributed by atoms with van der Waals surface area (Å²) in [7, 11) is 0. The molecule has 0 spiro atoms. The summed E-state index contributed by atoms with van der Waals surface area (Å²) >= 11 is 0. The highest BCUT2D eigenvalue weighted by atomic mass is 16.3. The van der Waals surface area contributed by atoms with Crippen LogP contribution in [0.15, 0.2) is 12.2 Å². The fourth-order valence-electron chi connectivity index (χ4n) is 5.36. The second-order valence-electron chi connectivity index (χ2n) is 11.9. The van der Waals surface area contributed by atoms with E-state index in [1.165, 1.54) is 161 Å². The SMILES string of the molecule is CCCCCCCC/C=C\CCCCCCCC(O)C(O)CCCCCCCCCCCCCCCC. The Morgan fingerprint density at radius 2 is 0.595 bits per heavy atom. The van der Waals surface area contributed by atoms with E-state index >= 15 is 0 Å². The Morgan fingerprint density at radius 1 is 0.351 bits per heavy atom. The predicted molar refractivity (Wildman–Crippen MR) is 166 cm³/mol. The summed E-state index contributed by atoms with van der Waals surface area (Å²) in [6, 6.07) is 0. The maximum atomic E-state index is 10.3. The van der Waals surface area contributed by atoms with Crippen molar-refractivity contribution < 1.29 is 10.2 Å². The van der Waals surface area contributed by atoms with Gasteiger partial charge in [0.1, 0.15) is 0 Å². The lowest BCUT2D eigenvalue weighted by atomic mass is 9.99. The molecule has 2 atom stereocenters. The molecule has 0 saturated carbocycles. The Balaban J connectivity index is 3.32. The van der Waals surface area contributed by atoms with Gasteiger partial charge in [-0.2, -0.15) is 0 Å². The zero-order valence-corrected chi connectivity index (χ0v) is 25.7. The molecule has 2 unspecified atom stereocenters. The van der Waals surface area contributed by atoms with Gasteiger partial charge in [-0.25, -0.2) is 0 Å². The number of rotatable bonds is 31. The molecule has 0 bridgehead atoms. The average molecular weight is 523 g/mol. The van der Waals surface area contributed by atoms with Crippen LogP contribution in [-0.2, 0) is 0 Å². The predicted octanol–water partition coefficient (Wildman–Crippen LogP) is 11.6.